The summed E-state index contributed by atoms with van der Waals surface area (Å²) in [5, 5.41) is 34.3. The largest absolute Gasteiger partial charge is 0.456 e. The van der Waals surface area contributed by atoms with E-state index in [4.69, 9.17) is 24.7 Å². The number of aromatic nitrogens is 2. The molecule has 15 nitrogen and oxygen atoms in total. The fourth-order valence-electron chi connectivity index (χ4n) is 4.94. The maximum atomic E-state index is 12.7. The fraction of sp³-hybridized carbons (Fsp3) is 0.600. The van der Waals surface area contributed by atoms with E-state index in [-0.39, 0.29) is 5.76 Å². The first-order valence-electron chi connectivity index (χ1n) is 12.9. The lowest BCUT2D eigenvalue weighted by Crippen LogP contribution is -2.54. The molecule has 0 spiro atoms. The number of methoxy groups -OCH3 is 1. The smallest absolute Gasteiger partial charge is 0.330 e. The summed E-state index contributed by atoms with van der Waals surface area (Å²) in [6, 6.07) is 1.04. The maximum absolute atomic E-state index is 12.7. The zero-order valence-electron chi connectivity index (χ0n) is 21.8. The highest BCUT2D eigenvalue weighted by molar-refractivity contribution is 5.91. The van der Waals surface area contributed by atoms with Crippen LogP contribution in [0.2, 0.25) is 0 Å². The number of aromatic amines is 1. The van der Waals surface area contributed by atoms with E-state index < -0.39 is 72.2 Å². The van der Waals surface area contributed by atoms with Gasteiger partial charge in [-0.25, -0.2) is 4.79 Å². The average Bonchev–Trinajstić information content (AvgIpc) is 3.24. The fourth-order valence-corrected chi connectivity index (χ4v) is 4.94. The van der Waals surface area contributed by atoms with Crippen molar-refractivity contribution in [3.63, 3.8) is 0 Å². The topological polar surface area (TPSA) is 225 Å². The highest BCUT2D eigenvalue weighted by atomic mass is 16.7. The lowest BCUT2D eigenvalue weighted by molar-refractivity contribution is -0.241. The minimum absolute atomic E-state index is 0.328. The SMILES string of the molecule is CO[C@H]1[C@@H](O)[C@H](n2ccc(=O)[nH]c2=O)O[C@@H]1[C@@H](O[C@H]1OC(C(=O)NCCC2=CCCCC2)=C[C@H](O)[C@@H]1O)C(N)=O. The third-order valence-electron chi connectivity index (χ3n) is 7.04. The molecular formula is C25H34N4O11. The van der Waals surface area contributed by atoms with Crippen LogP contribution in [0, 0.1) is 0 Å². The Labute approximate surface area is 228 Å². The molecule has 40 heavy (non-hydrogen) atoms. The molecule has 1 aliphatic carbocycles. The van der Waals surface area contributed by atoms with Crippen molar-refractivity contribution in [3.8, 4) is 0 Å². The van der Waals surface area contributed by atoms with Crippen LogP contribution in [0.15, 0.2) is 45.3 Å². The van der Waals surface area contributed by atoms with Crippen molar-refractivity contribution >= 4 is 11.8 Å². The van der Waals surface area contributed by atoms with Crippen molar-refractivity contribution in [2.24, 2.45) is 5.73 Å². The number of carbonyl (C=O) groups is 2. The zero-order valence-corrected chi connectivity index (χ0v) is 21.8. The number of ether oxygens (including phenoxy) is 4. The number of hydrogen-bond acceptors (Lipinski definition) is 11. The summed E-state index contributed by atoms with van der Waals surface area (Å²) in [6.45, 7) is 0.328. The molecule has 0 unspecified atom stereocenters. The van der Waals surface area contributed by atoms with E-state index in [0.717, 1.165) is 48.6 Å². The number of aliphatic hydroxyl groups is 3. The number of hydrogen-bond donors (Lipinski definition) is 6. The number of primary amides is 1. The summed E-state index contributed by atoms with van der Waals surface area (Å²) in [4.78, 5) is 50.9. The number of aliphatic hydroxyl groups excluding tert-OH is 3. The predicted octanol–water partition coefficient (Wildman–Crippen LogP) is -2.35. The van der Waals surface area contributed by atoms with Gasteiger partial charge in [-0.15, -0.1) is 0 Å². The number of rotatable bonds is 10. The monoisotopic (exact) mass is 566 g/mol. The van der Waals surface area contributed by atoms with Gasteiger partial charge in [-0.05, 0) is 38.2 Å². The van der Waals surface area contributed by atoms with Crippen LogP contribution in [-0.4, -0.2) is 93.3 Å². The van der Waals surface area contributed by atoms with Crippen LogP contribution >= 0.6 is 0 Å². The number of nitrogens with one attached hydrogen (secondary N) is 2. The first kappa shape index (κ1) is 29.6. The Kier molecular flexibility index (Phi) is 9.55. The van der Waals surface area contributed by atoms with Gasteiger partial charge in [0.05, 0.1) is 0 Å². The van der Waals surface area contributed by atoms with Crippen LogP contribution < -0.4 is 22.3 Å². The molecule has 3 heterocycles. The van der Waals surface area contributed by atoms with Crippen LogP contribution in [0.4, 0.5) is 0 Å². The van der Waals surface area contributed by atoms with Gasteiger partial charge >= 0.3 is 5.69 Å². The van der Waals surface area contributed by atoms with Gasteiger partial charge in [-0.1, -0.05) is 11.6 Å². The van der Waals surface area contributed by atoms with E-state index in [1.807, 2.05) is 4.98 Å². The zero-order chi connectivity index (χ0) is 29.0. The second-order valence-corrected chi connectivity index (χ2v) is 9.77. The van der Waals surface area contributed by atoms with Gasteiger partial charge in [0, 0.05) is 25.9 Å². The van der Waals surface area contributed by atoms with Gasteiger partial charge in [0.15, 0.2) is 18.1 Å². The van der Waals surface area contributed by atoms with Gasteiger partial charge in [0.1, 0.15) is 30.5 Å². The molecule has 1 aromatic rings. The lowest BCUT2D eigenvalue weighted by atomic mass is 9.97. The Balaban J connectivity index is 1.46. The molecule has 8 atom stereocenters. The summed E-state index contributed by atoms with van der Waals surface area (Å²) < 4.78 is 23.0. The Hall–Kier alpha value is -3.34. The van der Waals surface area contributed by atoms with Crippen LogP contribution in [0.3, 0.4) is 0 Å². The van der Waals surface area contributed by atoms with Crippen LogP contribution in [0.1, 0.15) is 38.3 Å². The van der Waals surface area contributed by atoms with Crippen molar-refractivity contribution in [2.75, 3.05) is 13.7 Å². The number of allylic oxidation sites excluding steroid dienone is 1. The van der Waals surface area contributed by atoms with Crippen LogP contribution in [0.25, 0.3) is 0 Å². The lowest BCUT2D eigenvalue weighted by Gasteiger charge is -2.35. The van der Waals surface area contributed by atoms with Crippen LogP contribution in [0.5, 0.6) is 0 Å². The first-order valence-corrected chi connectivity index (χ1v) is 12.9. The minimum atomic E-state index is -1.74. The van der Waals surface area contributed by atoms with Crippen molar-refractivity contribution in [3.05, 3.63) is 56.6 Å². The van der Waals surface area contributed by atoms with E-state index in [1.165, 1.54) is 12.7 Å². The molecule has 1 saturated heterocycles. The molecule has 2 amide bonds. The molecule has 220 valence electrons. The van der Waals surface area contributed by atoms with E-state index in [2.05, 4.69) is 11.4 Å². The van der Waals surface area contributed by atoms with Crippen molar-refractivity contribution in [1.82, 2.24) is 14.9 Å². The molecule has 0 radical (unpaired) electrons. The number of amides is 2. The maximum Gasteiger partial charge on any atom is 0.330 e. The van der Waals surface area contributed by atoms with E-state index in [0.29, 0.717) is 13.0 Å². The molecule has 0 bridgehead atoms. The number of nitrogens with zero attached hydrogens (tertiary/aromatic N) is 1. The standard InChI is InChI=1S/C25H34N4O11/c1-37-18-17(33)23(29-10-8-15(31)28-25(29)36)39-19(18)20(21(26)34)40-24-16(32)13(30)11-14(38-24)22(35)27-9-7-12-5-3-2-4-6-12/h5,8,10-11,13,16-20,23-24,30,32-33H,2-4,6-7,9H2,1H3,(H2,26,34)(H,27,35)(H,28,31,36)/t13-,16-,17+,18-,19-,20+,23+,24+/m0/s1. The molecule has 1 aromatic heterocycles. The quantitative estimate of drug-likeness (QED) is 0.164. The number of carbonyl (C=O) groups excluding carboxylic acids is 2. The second kappa shape index (κ2) is 12.9. The molecule has 7 N–H and O–H groups in total. The normalized spacial score (nSPS) is 31.1. The van der Waals surface area contributed by atoms with Gasteiger partial charge in [-0.2, -0.15) is 0 Å². The summed E-state index contributed by atoms with van der Waals surface area (Å²) in [7, 11) is 1.21. The summed E-state index contributed by atoms with van der Waals surface area (Å²) in [6.07, 6.45) is -3.26. The van der Waals surface area contributed by atoms with Gasteiger partial charge < -0.3 is 45.3 Å². The Morgan fingerprint density at radius 3 is 2.67 bits per heavy atom. The molecule has 15 heteroatoms. The minimum Gasteiger partial charge on any atom is -0.456 e. The second-order valence-electron chi connectivity index (χ2n) is 9.77. The molecule has 1 fully saturated rings. The van der Waals surface area contributed by atoms with Crippen molar-refractivity contribution in [1.29, 1.82) is 0 Å². The molecule has 2 aliphatic heterocycles. The highest BCUT2D eigenvalue weighted by Gasteiger charge is 2.52. The Bertz CT molecular complexity index is 1260. The third kappa shape index (κ3) is 6.51. The molecular weight excluding hydrogens is 532 g/mol. The van der Waals surface area contributed by atoms with Crippen molar-refractivity contribution < 1.29 is 43.9 Å². The summed E-state index contributed by atoms with van der Waals surface area (Å²) in [5.41, 5.74) is 5.23. The van der Waals surface area contributed by atoms with Crippen molar-refractivity contribution in [2.45, 2.75) is 81.2 Å². The number of nitrogens with two attached hydrogens (primary N) is 1. The number of H-pyrrole nitrogens is 1. The molecule has 4 rings (SSSR count). The summed E-state index contributed by atoms with van der Waals surface area (Å²) in [5.74, 6) is -2.11. The predicted molar refractivity (Wildman–Crippen MR) is 135 cm³/mol. The molecule has 0 aromatic carbocycles. The van der Waals surface area contributed by atoms with Gasteiger partial charge in [-0.3, -0.25) is 23.9 Å². The first-order chi connectivity index (χ1) is 19.1. The molecule has 0 saturated carbocycles. The third-order valence-corrected chi connectivity index (χ3v) is 7.04. The van der Waals surface area contributed by atoms with E-state index in [9.17, 15) is 34.5 Å². The van der Waals surface area contributed by atoms with E-state index in [1.54, 1.807) is 0 Å². The van der Waals surface area contributed by atoms with Gasteiger partial charge in [0.25, 0.3) is 11.5 Å². The van der Waals surface area contributed by atoms with Gasteiger partial charge in [0.2, 0.25) is 12.2 Å². The Morgan fingerprint density at radius 1 is 1.25 bits per heavy atom. The Morgan fingerprint density at radius 2 is 2.02 bits per heavy atom. The van der Waals surface area contributed by atoms with E-state index >= 15 is 0 Å². The summed E-state index contributed by atoms with van der Waals surface area (Å²) >= 11 is 0. The highest BCUT2D eigenvalue weighted by Crippen LogP contribution is 2.34. The average molecular weight is 567 g/mol. The molecule has 3 aliphatic rings. The van der Waals surface area contributed by atoms with Crippen LogP contribution in [-0.2, 0) is 28.5 Å².